The van der Waals surface area contributed by atoms with E-state index in [-0.39, 0.29) is 0 Å². The van der Waals surface area contributed by atoms with E-state index >= 15 is 0 Å². The van der Waals surface area contributed by atoms with Gasteiger partial charge in [-0.25, -0.2) is 4.98 Å². The third-order valence-corrected chi connectivity index (χ3v) is 4.16. The zero-order valence-electron chi connectivity index (χ0n) is 10.2. The second-order valence-corrected chi connectivity index (χ2v) is 5.68. The van der Waals surface area contributed by atoms with E-state index in [4.69, 9.17) is 11.5 Å². The third kappa shape index (κ3) is 3.29. The lowest BCUT2D eigenvalue weighted by Gasteiger charge is -2.22. The minimum absolute atomic E-state index is 0.309. The quantitative estimate of drug-likeness (QED) is 0.764. The largest absolute Gasteiger partial charge is 0.384 e. The number of rotatable bonds is 4. The van der Waals surface area contributed by atoms with Crippen molar-refractivity contribution in [2.75, 3.05) is 29.1 Å². The number of nitrogens with one attached hydrogen (secondary N) is 1. The average molecular weight is 266 g/mol. The number of carbonyl (C=O) groups excluding carboxylic acids is 1. The number of nitrogen functional groups attached to an aromatic ring is 1. The van der Waals surface area contributed by atoms with E-state index in [2.05, 4.69) is 10.3 Å². The maximum atomic E-state index is 11.3. The van der Waals surface area contributed by atoms with Crippen LogP contribution in [0.3, 0.4) is 0 Å². The molecular weight excluding hydrogens is 248 g/mol. The first-order chi connectivity index (χ1) is 8.66. The zero-order valence-corrected chi connectivity index (χ0v) is 11.0. The van der Waals surface area contributed by atoms with Crippen LogP contribution in [0.15, 0.2) is 12.3 Å². The molecule has 5 nitrogen and oxygen atoms in total. The number of hydrogen-bond acceptors (Lipinski definition) is 5. The van der Waals surface area contributed by atoms with Crippen molar-refractivity contribution in [3.63, 3.8) is 0 Å². The summed E-state index contributed by atoms with van der Waals surface area (Å²) in [4.78, 5) is 15.3. The number of amides is 1. The third-order valence-electron chi connectivity index (χ3n) is 3.11. The van der Waals surface area contributed by atoms with Crippen LogP contribution in [-0.2, 0) is 0 Å². The summed E-state index contributed by atoms with van der Waals surface area (Å²) in [6.45, 7) is 0.854. The van der Waals surface area contributed by atoms with Gasteiger partial charge in [0.25, 0.3) is 5.91 Å². The van der Waals surface area contributed by atoms with Crippen LogP contribution >= 0.6 is 11.8 Å². The smallest absolute Gasteiger partial charge is 0.250 e. The van der Waals surface area contributed by atoms with Crippen molar-refractivity contribution in [3.05, 3.63) is 17.8 Å². The Labute approximate surface area is 111 Å². The van der Waals surface area contributed by atoms with Gasteiger partial charge < -0.3 is 16.8 Å². The molecule has 98 valence electrons. The number of hydrogen-bond donors (Lipinski definition) is 3. The predicted octanol–water partition coefficient (Wildman–Crippen LogP) is 1.32. The Morgan fingerprint density at radius 2 is 2.22 bits per heavy atom. The number of pyridine rings is 1. The van der Waals surface area contributed by atoms with Gasteiger partial charge in [0.15, 0.2) is 0 Å². The molecule has 1 saturated heterocycles. The zero-order chi connectivity index (χ0) is 13.0. The van der Waals surface area contributed by atoms with Crippen LogP contribution in [0.1, 0.15) is 23.2 Å². The topological polar surface area (TPSA) is 94.0 Å². The molecule has 2 heterocycles. The number of thioether (sulfide) groups is 1. The van der Waals surface area contributed by atoms with Gasteiger partial charge in [0.2, 0.25) is 0 Å². The van der Waals surface area contributed by atoms with Crippen LogP contribution in [0.25, 0.3) is 0 Å². The molecule has 0 unspecified atom stereocenters. The molecule has 1 fully saturated rings. The minimum Gasteiger partial charge on any atom is -0.384 e. The molecule has 0 aliphatic carbocycles. The van der Waals surface area contributed by atoms with Crippen LogP contribution in [0.5, 0.6) is 0 Å². The van der Waals surface area contributed by atoms with Crippen molar-refractivity contribution < 1.29 is 4.79 Å². The molecule has 0 aromatic carbocycles. The first-order valence-electron chi connectivity index (χ1n) is 6.03. The highest BCUT2D eigenvalue weighted by Crippen LogP contribution is 2.24. The highest BCUT2D eigenvalue weighted by Gasteiger charge is 2.15. The van der Waals surface area contributed by atoms with E-state index in [9.17, 15) is 4.79 Å². The van der Waals surface area contributed by atoms with Crippen molar-refractivity contribution in [2.45, 2.75) is 12.8 Å². The molecule has 6 heteroatoms. The fourth-order valence-corrected chi connectivity index (χ4v) is 3.23. The fraction of sp³-hybridized carbons (Fsp3) is 0.500. The molecule has 1 aliphatic heterocycles. The fourth-order valence-electron chi connectivity index (χ4n) is 2.02. The number of anilines is 2. The van der Waals surface area contributed by atoms with E-state index in [0.717, 1.165) is 6.54 Å². The number of nitrogens with zero attached hydrogens (tertiary/aromatic N) is 1. The Kier molecular flexibility index (Phi) is 4.30. The first-order valence-corrected chi connectivity index (χ1v) is 7.19. The summed E-state index contributed by atoms with van der Waals surface area (Å²) >= 11 is 2.00. The van der Waals surface area contributed by atoms with Crippen molar-refractivity contribution in [1.82, 2.24) is 4.98 Å². The lowest BCUT2D eigenvalue weighted by Crippen LogP contribution is -2.21. The van der Waals surface area contributed by atoms with Gasteiger partial charge in [-0.2, -0.15) is 11.8 Å². The predicted molar refractivity (Wildman–Crippen MR) is 75.7 cm³/mol. The Morgan fingerprint density at radius 1 is 1.50 bits per heavy atom. The highest BCUT2D eigenvalue weighted by molar-refractivity contribution is 7.99. The Hall–Kier alpha value is -1.43. The molecule has 1 amide bonds. The second-order valence-electron chi connectivity index (χ2n) is 4.46. The SMILES string of the molecule is NC(=O)c1cc(N)ncc1NCC1CCSCC1. The molecule has 1 aromatic heterocycles. The minimum atomic E-state index is -0.481. The average Bonchev–Trinajstić information content (AvgIpc) is 2.38. The van der Waals surface area contributed by atoms with Crippen LogP contribution < -0.4 is 16.8 Å². The van der Waals surface area contributed by atoms with Gasteiger partial charge in [0.1, 0.15) is 5.82 Å². The van der Waals surface area contributed by atoms with Gasteiger partial charge in [-0.3, -0.25) is 4.79 Å². The van der Waals surface area contributed by atoms with Gasteiger partial charge >= 0.3 is 0 Å². The van der Waals surface area contributed by atoms with E-state index in [1.807, 2.05) is 11.8 Å². The molecule has 1 aliphatic rings. The maximum absolute atomic E-state index is 11.3. The van der Waals surface area contributed by atoms with Crippen LogP contribution in [0, 0.1) is 5.92 Å². The van der Waals surface area contributed by atoms with Gasteiger partial charge in [0.05, 0.1) is 17.4 Å². The molecule has 18 heavy (non-hydrogen) atoms. The Morgan fingerprint density at radius 3 is 2.89 bits per heavy atom. The van der Waals surface area contributed by atoms with E-state index in [0.29, 0.717) is 23.0 Å². The summed E-state index contributed by atoms with van der Waals surface area (Å²) in [6.07, 6.45) is 4.00. The van der Waals surface area contributed by atoms with Gasteiger partial charge in [-0.1, -0.05) is 0 Å². The summed E-state index contributed by atoms with van der Waals surface area (Å²) < 4.78 is 0. The summed E-state index contributed by atoms with van der Waals surface area (Å²) in [6, 6.07) is 1.52. The van der Waals surface area contributed by atoms with Crippen molar-refractivity contribution in [1.29, 1.82) is 0 Å². The summed E-state index contributed by atoms with van der Waals surface area (Å²) in [5.41, 5.74) is 12.0. The molecule has 0 radical (unpaired) electrons. The van der Waals surface area contributed by atoms with Gasteiger partial charge in [-0.05, 0) is 36.3 Å². The lowest BCUT2D eigenvalue weighted by atomic mass is 10.0. The Bertz CT molecular complexity index is 432. The van der Waals surface area contributed by atoms with Crippen LogP contribution in [-0.4, -0.2) is 28.9 Å². The molecule has 2 rings (SSSR count). The van der Waals surface area contributed by atoms with Gasteiger partial charge in [0, 0.05) is 6.54 Å². The van der Waals surface area contributed by atoms with Crippen molar-refractivity contribution >= 4 is 29.2 Å². The monoisotopic (exact) mass is 266 g/mol. The van der Waals surface area contributed by atoms with Crippen LogP contribution in [0.2, 0.25) is 0 Å². The molecule has 0 bridgehead atoms. The maximum Gasteiger partial charge on any atom is 0.250 e. The lowest BCUT2D eigenvalue weighted by molar-refractivity contribution is 0.100. The molecule has 0 atom stereocenters. The van der Waals surface area contributed by atoms with Gasteiger partial charge in [-0.15, -0.1) is 0 Å². The molecular formula is C12H18N4OS. The molecule has 0 spiro atoms. The highest BCUT2D eigenvalue weighted by atomic mass is 32.2. The summed E-state index contributed by atoms with van der Waals surface area (Å²) in [5, 5.41) is 3.26. The normalized spacial score (nSPS) is 16.4. The molecule has 5 N–H and O–H groups in total. The number of primary amides is 1. The Balaban J connectivity index is 2.01. The number of carbonyl (C=O) groups is 1. The second kappa shape index (κ2) is 5.95. The van der Waals surface area contributed by atoms with Crippen LogP contribution in [0.4, 0.5) is 11.5 Å². The van der Waals surface area contributed by atoms with Crippen molar-refractivity contribution in [3.8, 4) is 0 Å². The van der Waals surface area contributed by atoms with E-state index < -0.39 is 5.91 Å². The number of aromatic nitrogens is 1. The van der Waals surface area contributed by atoms with E-state index in [1.165, 1.54) is 30.4 Å². The molecule has 0 saturated carbocycles. The number of nitrogens with two attached hydrogens (primary N) is 2. The van der Waals surface area contributed by atoms with Crippen molar-refractivity contribution in [2.24, 2.45) is 11.7 Å². The molecule has 1 aromatic rings. The van der Waals surface area contributed by atoms with E-state index in [1.54, 1.807) is 6.20 Å². The summed E-state index contributed by atoms with van der Waals surface area (Å²) in [7, 11) is 0. The summed E-state index contributed by atoms with van der Waals surface area (Å²) in [5.74, 6) is 2.92. The standard InChI is InChI=1S/C12H18N4OS/c13-11-5-9(12(14)17)10(7-16-11)15-6-8-1-3-18-4-2-8/h5,7-8,15H,1-4,6H2,(H2,13,16)(H2,14,17). The first kappa shape index (κ1) is 13.0.